The molecule has 2 rings (SSSR count). The van der Waals surface area contributed by atoms with E-state index in [2.05, 4.69) is 20.9 Å². The summed E-state index contributed by atoms with van der Waals surface area (Å²) < 4.78 is 5.96. The van der Waals surface area contributed by atoms with Crippen LogP contribution in [0.15, 0.2) is 26.6 Å². The van der Waals surface area contributed by atoms with Crippen molar-refractivity contribution < 1.29 is 4.42 Å². The number of aromatic nitrogens is 1. The molecule has 4 heteroatoms. The quantitative estimate of drug-likeness (QED) is 0.767. The van der Waals surface area contributed by atoms with Gasteiger partial charge in [0.15, 0.2) is 10.6 Å². The number of hydrogen-bond donors (Lipinski definition) is 0. The van der Waals surface area contributed by atoms with Crippen molar-refractivity contribution in [3.63, 3.8) is 0 Å². The lowest BCUT2D eigenvalue weighted by atomic mass is 10.4. The average molecular weight is 244 g/mol. The summed E-state index contributed by atoms with van der Waals surface area (Å²) in [5.41, 5.74) is 0.891. The number of halogens is 1. The molecule has 0 aliphatic heterocycles. The van der Waals surface area contributed by atoms with Crippen molar-refractivity contribution in [1.82, 2.24) is 4.98 Å². The first kappa shape index (κ1) is 8.01. The number of nitrogens with zero attached hydrogens (tertiary/aromatic N) is 1. The molecule has 0 aliphatic carbocycles. The monoisotopic (exact) mass is 243 g/mol. The Morgan fingerprint density at radius 1 is 1.58 bits per heavy atom. The van der Waals surface area contributed by atoms with Gasteiger partial charge in [0.2, 0.25) is 0 Å². The highest BCUT2D eigenvalue weighted by Crippen LogP contribution is 2.31. The average Bonchev–Trinajstić information content (AvgIpc) is 2.58. The summed E-state index contributed by atoms with van der Waals surface area (Å²) >= 11 is 4.97. The SMILES string of the molecule is Cc1nc(-c2cccs2)c(Br)o1. The van der Waals surface area contributed by atoms with Crippen LogP contribution in [0.4, 0.5) is 0 Å². The van der Waals surface area contributed by atoms with Gasteiger partial charge >= 0.3 is 0 Å². The first-order valence-electron chi connectivity index (χ1n) is 3.44. The van der Waals surface area contributed by atoms with Gasteiger partial charge in [-0.25, -0.2) is 4.98 Å². The standard InChI is InChI=1S/C8H6BrNOS/c1-5-10-7(8(9)11-5)6-3-2-4-12-6/h2-4H,1H3. The zero-order valence-electron chi connectivity index (χ0n) is 6.37. The maximum Gasteiger partial charge on any atom is 0.198 e. The molecule has 12 heavy (non-hydrogen) atoms. The van der Waals surface area contributed by atoms with Crippen LogP contribution >= 0.6 is 27.3 Å². The predicted octanol–water partition coefficient (Wildman–Crippen LogP) is 3.47. The van der Waals surface area contributed by atoms with Gasteiger partial charge < -0.3 is 4.42 Å². The van der Waals surface area contributed by atoms with Gasteiger partial charge in [-0.2, -0.15) is 0 Å². The van der Waals surface area contributed by atoms with E-state index < -0.39 is 0 Å². The zero-order valence-corrected chi connectivity index (χ0v) is 8.78. The molecule has 0 bridgehead atoms. The number of aryl methyl sites for hydroxylation is 1. The second-order valence-electron chi connectivity index (χ2n) is 2.33. The Morgan fingerprint density at radius 3 is 2.92 bits per heavy atom. The lowest BCUT2D eigenvalue weighted by molar-refractivity contribution is 0.500. The highest BCUT2D eigenvalue weighted by atomic mass is 79.9. The summed E-state index contributed by atoms with van der Waals surface area (Å²) in [7, 11) is 0. The molecule has 0 aromatic carbocycles. The smallest absolute Gasteiger partial charge is 0.198 e. The van der Waals surface area contributed by atoms with Gasteiger partial charge in [-0.3, -0.25) is 0 Å². The van der Waals surface area contributed by atoms with Crippen molar-refractivity contribution in [3.8, 4) is 10.6 Å². The van der Waals surface area contributed by atoms with Crippen molar-refractivity contribution in [2.75, 3.05) is 0 Å². The minimum atomic E-state index is 0.685. The Hall–Kier alpha value is -0.610. The third kappa shape index (κ3) is 1.32. The molecular formula is C8H6BrNOS. The van der Waals surface area contributed by atoms with E-state index >= 15 is 0 Å². The van der Waals surface area contributed by atoms with Gasteiger partial charge in [-0.1, -0.05) is 6.07 Å². The van der Waals surface area contributed by atoms with Gasteiger partial charge in [0, 0.05) is 6.92 Å². The molecule has 0 saturated heterocycles. The largest absolute Gasteiger partial charge is 0.434 e. The van der Waals surface area contributed by atoms with Crippen LogP contribution in [-0.2, 0) is 0 Å². The molecule has 0 amide bonds. The Balaban J connectivity index is 2.54. The van der Waals surface area contributed by atoms with Crippen LogP contribution in [0.5, 0.6) is 0 Å². The molecule has 0 saturated carbocycles. The van der Waals surface area contributed by atoms with Crippen molar-refractivity contribution >= 4 is 27.3 Å². The summed E-state index contributed by atoms with van der Waals surface area (Å²) in [6, 6.07) is 4.02. The van der Waals surface area contributed by atoms with Crippen LogP contribution in [0.1, 0.15) is 5.89 Å². The molecular weight excluding hydrogens is 238 g/mol. The molecule has 2 aromatic heterocycles. The van der Waals surface area contributed by atoms with Crippen LogP contribution in [0.3, 0.4) is 0 Å². The fraction of sp³-hybridized carbons (Fsp3) is 0.125. The number of thiophene rings is 1. The van der Waals surface area contributed by atoms with E-state index in [0.717, 1.165) is 10.6 Å². The third-order valence-electron chi connectivity index (χ3n) is 1.45. The van der Waals surface area contributed by atoms with Gasteiger partial charge in [-0.15, -0.1) is 11.3 Å². The maximum absolute atomic E-state index is 5.25. The van der Waals surface area contributed by atoms with E-state index in [0.29, 0.717) is 10.6 Å². The van der Waals surface area contributed by atoms with Crippen LogP contribution in [0.2, 0.25) is 0 Å². The van der Waals surface area contributed by atoms with E-state index in [9.17, 15) is 0 Å². The van der Waals surface area contributed by atoms with Crippen molar-refractivity contribution in [2.24, 2.45) is 0 Å². The van der Waals surface area contributed by atoms with E-state index in [4.69, 9.17) is 4.42 Å². The Bertz CT molecular complexity index is 380. The molecule has 0 fully saturated rings. The van der Waals surface area contributed by atoms with Crippen molar-refractivity contribution in [3.05, 3.63) is 28.1 Å². The van der Waals surface area contributed by atoms with Crippen LogP contribution in [0, 0.1) is 6.92 Å². The molecule has 0 spiro atoms. The minimum absolute atomic E-state index is 0.685. The van der Waals surface area contributed by atoms with Gasteiger partial charge in [0.1, 0.15) is 5.69 Å². The summed E-state index contributed by atoms with van der Waals surface area (Å²) in [5, 5.41) is 2.02. The minimum Gasteiger partial charge on any atom is -0.434 e. The Labute approximate surface area is 82.4 Å². The second kappa shape index (κ2) is 3.03. The predicted molar refractivity (Wildman–Crippen MR) is 52.3 cm³/mol. The molecule has 0 atom stereocenters. The lowest BCUT2D eigenvalue weighted by Gasteiger charge is -1.86. The summed E-state index contributed by atoms with van der Waals surface area (Å²) in [6.45, 7) is 1.84. The summed E-state index contributed by atoms with van der Waals surface area (Å²) in [5.74, 6) is 0.685. The first-order chi connectivity index (χ1) is 5.77. The molecule has 2 heterocycles. The van der Waals surface area contributed by atoms with Gasteiger partial charge in [0.25, 0.3) is 0 Å². The Kier molecular flexibility index (Phi) is 2.02. The van der Waals surface area contributed by atoms with E-state index in [1.165, 1.54) is 0 Å². The maximum atomic E-state index is 5.25. The van der Waals surface area contributed by atoms with E-state index in [1.807, 2.05) is 24.4 Å². The Morgan fingerprint density at radius 2 is 2.42 bits per heavy atom. The van der Waals surface area contributed by atoms with Crippen molar-refractivity contribution in [2.45, 2.75) is 6.92 Å². The van der Waals surface area contributed by atoms with Crippen molar-refractivity contribution in [1.29, 1.82) is 0 Å². The van der Waals surface area contributed by atoms with Gasteiger partial charge in [-0.05, 0) is 27.4 Å². The molecule has 2 nitrogen and oxygen atoms in total. The fourth-order valence-corrected chi connectivity index (χ4v) is 2.35. The van der Waals surface area contributed by atoms with E-state index in [1.54, 1.807) is 11.3 Å². The topological polar surface area (TPSA) is 26.0 Å². The van der Waals surface area contributed by atoms with Crippen LogP contribution < -0.4 is 0 Å². The second-order valence-corrected chi connectivity index (χ2v) is 4.00. The van der Waals surface area contributed by atoms with Gasteiger partial charge in [0.05, 0.1) is 4.88 Å². The zero-order chi connectivity index (χ0) is 8.55. The van der Waals surface area contributed by atoms with E-state index in [-0.39, 0.29) is 0 Å². The molecule has 62 valence electrons. The van der Waals surface area contributed by atoms with Crippen LogP contribution in [0.25, 0.3) is 10.6 Å². The molecule has 0 unspecified atom stereocenters. The molecule has 0 radical (unpaired) electrons. The number of rotatable bonds is 1. The summed E-state index contributed by atoms with van der Waals surface area (Å²) in [4.78, 5) is 5.37. The third-order valence-corrected chi connectivity index (χ3v) is 2.86. The number of hydrogen-bond acceptors (Lipinski definition) is 3. The van der Waals surface area contributed by atoms with Crippen LogP contribution in [-0.4, -0.2) is 4.98 Å². The first-order valence-corrected chi connectivity index (χ1v) is 5.11. The highest BCUT2D eigenvalue weighted by molar-refractivity contribution is 9.10. The normalized spacial score (nSPS) is 10.5. The summed E-state index contributed by atoms with van der Waals surface area (Å²) in [6.07, 6.45) is 0. The molecule has 2 aromatic rings. The molecule has 0 N–H and O–H groups in total. The molecule has 0 aliphatic rings. The highest BCUT2D eigenvalue weighted by Gasteiger charge is 2.10. The number of oxazole rings is 1. The fourth-order valence-electron chi connectivity index (χ4n) is 0.967. The lowest BCUT2D eigenvalue weighted by Crippen LogP contribution is -1.72.